The van der Waals surface area contributed by atoms with Gasteiger partial charge in [0.05, 0.1) is 17.8 Å². The summed E-state index contributed by atoms with van der Waals surface area (Å²) in [5, 5.41) is 23.3. The van der Waals surface area contributed by atoms with Gasteiger partial charge in [-0.1, -0.05) is 40.4 Å². The zero-order valence-electron chi connectivity index (χ0n) is 12.4. The second-order valence-corrected chi connectivity index (χ2v) is 5.82. The van der Waals surface area contributed by atoms with E-state index in [-0.39, 0.29) is 10.7 Å². The second-order valence-electron chi connectivity index (χ2n) is 5.00. The summed E-state index contributed by atoms with van der Waals surface area (Å²) in [6, 6.07) is 7.02. The monoisotopic (exact) mass is 380 g/mol. The van der Waals surface area contributed by atoms with Crippen LogP contribution in [0.3, 0.4) is 0 Å². The van der Waals surface area contributed by atoms with Gasteiger partial charge in [0.25, 0.3) is 5.91 Å². The van der Waals surface area contributed by atoms with E-state index >= 15 is 0 Å². The Labute approximate surface area is 150 Å². The number of carbonyl (C=O) groups excluding carboxylic acids is 1. The Morgan fingerprint density at radius 2 is 2.20 bits per heavy atom. The molecular formula is C14H10Cl2N6O3. The molecule has 0 unspecified atom stereocenters. The number of rotatable bonds is 5. The zero-order chi connectivity index (χ0) is 18.0. The largest absolute Gasteiger partial charge is 0.362 e. The molecule has 0 atom stereocenters. The number of benzene rings is 1. The van der Waals surface area contributed by atoms with Crippen LogP contribution in [-0.4, -0.2) is 30.8 Å². The van der Waals surface area contributed by atoms with Crippen molar-refractivity contribution in [1.82, 2.24) is 20.0 Å². The number of halogens is 2. The number of nitrogens with one attached hydrogen (secondary N) is 2. The predicted octanol–water partition coefficient (Wildman–Crippen LogP) is 3.12. The molecule has 25 heavy (non-hydrogen) atoms. The molecule has 11 heteroatoms. The number of H-pyrrole nitrogens is 1. The minimum Gasteiger partial charge on any atom is -0.358 e. The Bertz CT molecular complexity index is 952. The molecule has 0 aliphatic rings. The van der Waals surface area contributed by atoms with E-state index in [0.717, 1.165) is 5.56 Å². The number of aromatic amines is 1. The molecule has 0 fully saturated rings. The quantitative estimate of drug-likeness (QED) is 0.520. The molecule has 0 spiro atoms. The van der Waals surface area contributed by atoms with Crippen molar-refractivity contribution in [3.05, 3.63) is 68.1 Å². The van der Waals surface area contributed by atoms with Crippen molar-refractivity contribution >= 4 is 40.6 Å². The summed E-state index contributed by atoms with van der Waals surface area (Å²) < 4.78 is 1.65. The minimum atomic E-state index is -0.748. The predicted molar refractivity (Wildman–Crippen MR) is 91.0 cm³/mol. The highest BCUT2D eigenvalue weighted by molar-refractivity contribution is 6.35. The molecule has 0 aliphatic carbocycles. The van der Waals surface area contributed by atoms with Crippen LogP contribution in [0, 0.1) is 10.1 Å². The van der Waals surface area contributed by atoms with Crippen molar-refractivity contribution < 1.29 is 9.72 Å². The van der Waals surface area contributed by atoms with E-state index < -0.39 is 16.6 Å². The molecular weight excluding hydrogens is 371 g/mol. The van der Waals surface area contributed by atoms with Crippen molar-refractivity contribution in [3.63, 3.8) is 0 Å². The molecule has 0 radical (unpaired) electrons. The van der Waals surface area contributed by atoms with Crippen LogP contribution in [0.2, 0.25) is 10.0 Å². The van der Waals surface area contributed by atoms with Gasteiger partial charge in [-0.3, -0.25) is 9.48 Å². The first-order valence-corrected chi connectivity index (χ1v) is 7.66. The molecule has 1 amide bonds. The molecule has 2 aromatic heterocycles. The van der Waals surface area contributed by atoms with Crippen molar-refractivity contribution in [2.75, 3.05) is 5.32 Å². The molecule has 2 heterocycles. The summed E-state index contributed by atoms with van der Waals surface area (Å²) in [5.41, 5.74) is 1.11. The van der Waals surface area contributed by atoms with Crippen LogP contribution in [-0.2, 0) is 6.54 Å². The van der Waals surface area contributed by atoms with Crippen molar-refractivity contribution in [3.8, 4) is 0 Å². The highest BCUT2D eigenvalue weighted by Gasteiger charge is 2.25. The van der Waals surface area contributed by atoms with Gasteiger partial charge in [0.15, 0.2) is 10.7 Å². The Morgan fingerprint density at radius 3 is 2.84 bits per heavy atom. The summed E-state index contributed by atoms with van der Waals surface area (Å²) in [5.74, 6) is -1.19. The second kappa shape index (κ2) is 6.91. The number of hydrogen-bond acceptors (Lipinski definition) is 5. The normalized spacial score (nSPS) is 10.6. The van der Waals surface area contributed by atoms with Crippen molar-refractivity contribution in [2.24, 2.45) is 0 Å². The van der Waals surface area contributed by atoms with Crippen LogP contribution in [0.25, 0.3) is 0 Å². The fraction of sp³-hybridized carbons (Fsp3) is 0.0714. The maximum absolute atomic E-state index is 12.2. The van der Waals surface area contributed by atoms with Gasteiger partial charge in [-0.15, -0.1) is 5.10 Å². The van der Waals surface area contributed by atoms with Gasteiger partial charge in [0, 0.05) is 11.9 Å². The van der Waals surface area contributed by atoms with Gasteiger partial charge < -0.3 is 15.4 Å². The third-order valence-corrected chi connectivity index (χ3v) is 3.77. The van der Waals surface area contributed by atoms with E-state index in [9.17, 15) is 14.9 Å². The standard InChI is InChI=1S/C14H10Cl2N6O3/c15-9-5-17-21(7-9)6-8-2-1-3-10(4-8)18-14(23)12-11(16)13(20-19-12)22(24)25/h1-5,7H,6H2,(H,18,23)(H,19,20). The molecule has 9 nitrogen and oxygen atoms in total. The number of hydrogen-bond donors (Lipinski definition) is 2. The highest BCUT2D eigenvalue weighted by Crippen LogP contribution is 2.25. The minimum absolute atomic E-state index is 0.252. The molecule has 128 valence electrons. The smallest absolute Gasteiger partial charge is 0.358 e. The van der Waals surface area contributed by atoms with Crippen molar-refractivity contribution in [2.45, 2.75) is 6.54 Å². The summed E-state index contributed by atoms with van der Waals surface area (Å²) in [6.45, 7) is 0.463. The fourth-order valence-corrected chi connectivity index (χ4v) is 2.54. The average molecular weight is 381 g/mol. The van der Waals surface area contributed by atoms with Gasteiger partial charge in [0.2, 0.25) is 0 Å². The van der Waals surface area contributed by atoms with Crippen LogP contribution in [0.5, 0.6) is 0 Å². The summed E-state index contributed by atoms with van der Waals surface area (Å²) in [4.78, 5) is 22.2. The Hall–Kier alpha value is -2.91. The maximum Gasteiger partial charge on any atom is 0.362 e. The van der Waals surface area contributed by atoms with Gasteiger partial charge in [0.1, 0.15) is 0 Å². The molecule has 0 aliphatic heterocycles. The van der Waals surface area contributed by atoms with Gasteiger partial charge in [-0.2, -0.15) is 5.10 Å². The van der Waals surface area contributed by atoms with E-state index in [1.54, 1.807) is 29.1 Å². The lowest BCUT2D eigenvalue weighted by atomic mass is 10.2. The van der Waals surface area contributed by atoms with Crippen LogP contribution < -0.4 is 5.32 Å². The number of anilines is 1. The summed E-state index contributed by atoms with van der Waals surface area (Å²) in [7, 11) is 0. The Kier molecular flexibility index (Phi) is 4.68. The highest BCUT2D eigenvalue weighted by atomic mass is 35.5. The summed E-state index contributed by atoms with van der Waals surface area (Å²) in [6.07, 6.45) is 3.20. The van der Waals surface area contributed by atoms with Crippen LogP contribution >= 0.6 is 23.2 Å². The summed E-state index contributed by atoms with van der Waals surface area (Å²) >= 11 is 11.6. The Balaban J connectivity index is 1.75. The first-order chi connectivity index (χ1) is 11.9. The molecule has 0 saturated carbocycles. The van der Waals surface area contributed by atoms with Crippen molar-refractivity contribution in [1.29, 1.82) is 0 Å². The fourth-order valence-electron chi connectivity index (χ4n) is 2.14. The lowest BCUT2D eigenvalue weighted by molar-refractivity contribution is -0.389. The Morgan fingerprint density at radius 1 is 1.40 bits per heavy atom. The van der Waals surface area contributed by atoms with E-state index in [2.05, 4.69) is 20.6 Å². The zero-order valence-corrected chi connectivity index (χ0v) is 14.0. The number of nitro groups is 1. The van der Waals surface area contributed by atoms with E-state index in [1.807, 2.05) is 6.07 Å². The SMILES string of the molecule is O=C(Nc1cccc(Cn2cc(Cl)cn2)c1)c1n[nH]c([N+](=O)[O-])c1Cl. The first kappa shape index (κ1) is 16.9. The lowest BCUT2D eigenvalue weighted by Crippen LogP contribution is -2.13. The van der Waals surface area contributed by atoms with E-state index in [4.69, 9.17) is 23.2 Å². The molecule has 0 saturated heterocycles. The third-order valence-electron chi connectivity index (χ3n) is 3.22. The topological polar surface area (TPSA) is 119 Å². The molecule has 3 rings (SSSR count). The lowest BCUT2D eigenvalue weighted by Gasteiger charge is -2.06. The molecule has 3 aromatic rings. The van der Waals surface area contributed by atoms with Crippen LogP contribution in [0.1, 0.15) is 16.1 Å². The average Bonchev–Trinajstić information content (AvgIpc) is 3.13. The third kappa shape index (κ3) is 3.78. The van der Waals surface area contributed by atoms with Gasteiger partial charge in [-0.25, -0.2) is 0 Å². The van der Waals surface area contributed by atoms with E-state index in [1.165, 1.54) is 6.20 Å². The van der Waals surface area contributed by atoms with Gasteiger partial charge in [-0.05, 0) is 22.6 Å². The number of carbonyl (C=O) groups is 1. The van der Waals surface area contributed by atoms with Gasteiger partial charge >= 0.3 is 5.82 Å². The number of nitrogens with zero attached hydrogens (tertiary/aromatic N) is 4. The number of amides is 1. The van der Waals surface area contributed by atoms with Crippen LogP contribution in [0.15, 0.2) is 36.7 Å². The first-order valence-electron chi connectivity index (χ1n) is 6.90. The molecule has 2 N–H and O–H groups in total. The van der Waals surface area contributed by atoms with E-state index in [0.29, 0.717) is 17.3 Å². The molecule has 1 aromatic carbocycles. The maximum atomic E-state index is 12.2. The molecule has 0 bridgehead atoms. The number of aromatic nitrogens is 4. The van der Waals surface area contributed by atoms with Crippen LogP contribution in [0.4, 0.5) is 11.5 Å².